The van der Waals surface area contributed by atoms with E-state index in [1.807, 2.05) is 6.07 Å². The number of rotatable bonds is 6. The summed E-state index contributed by atoms with van der Waals surface area (Å²) in [5.41, 5.74) is 7.21. The van der Waals surface area contributed by atoms with Crippen molar-refractivity contribution in [2.24, 2.45) is 5.73 Å². The molecule has 0 radical (unpaired) electrons. The second kappa shape index (κ2) is 7.76. The van der Waals surface area contributed by atoms with Crippen molar-refractivity contribution in [3.8, 4) is 0 Å². The predicted molar refractivity (Wildman–Crippen MR) is 87.2 cm³/mol. The van der Waals surface area contributed by atoms with Gasteiger partial charge in [-0.15, -0.1) is 0 Å². The summed E-state index contributed by atoms with van der Waals surface area (Å²) in [4.78, 5) is 2.39. The van der Waals surface area contributed by atoms with Crippen LogP contribution in [-0.2, 0) is 4.74 Å². The molecule has 0 saturated carbocycles. The lowest BCUT2D eigenvalue weighted by Crippen LogP contribution is -2.38. The molecule has 0 aliphatic carbocycles. The zero-order valence-corrected chi connectivity index (χ0v) is 14.2. The molecular formula is C15H22BrClN2O. The van der Waals surface area contributed by atoms with Gasteiger partial charge in [0, 0.05) is 30.2 Å². The maximum Gasteiger partial charge on any atom is 0.0703 e. The number of halogens is 2. The van der Waals surface area contributed by atoms with E-state index in [1.165, 1.54) is 12.0 Å². The van der Waals surface area contributed by atoms with Gasteiger partial charge in [0.2, 0.25) is 0 Å². The summed E-state index contributed by atoms with van der Waals surface area (Å²) >= 11 is 9.55. The standard InChI is InChI=1S/C15H22BrClN2O/c1-2-19(10-12-4-3-7-20-12)15(9-18)11-5-6-14(17)13(16)8-11/h5-6,8,12,15H,2-4,7,9-10,18H2,1H3. The minimum Gasteiger partial charge on any atom is -0.377 e. The minimum atomic E-state index is 0.206. The van der Waals surface area contributed by atoms with E-state index in [4.69, 9.17) is 22.1 Å². The Morgan fingerprint density at radius 1 is 1.55 bits per heavy atom. The number of ether oxygens (including phenoxy) is 1. The molecule has 5 heteroatoms. The van der Waals surface area contributed by atoms with Crippen molar-refractivity contribution in [1.29, 1.82) is 0 Å². The van der Waals surface area contributed by atoms with Gasteiger partial charge in [-0.05, 0) is 53.0 Å². The van der Waals surface area contributed by atoms with Gasteiger partial charge >= 0.3 is 0 Å². The van der Waals surface area contributed by atoms with E-state index in [0.29, 0.717) is 12.6 Å². The molecule has 2 N–H and O–H groups in total. The SMILES string of the molecule is CCN(CC1CCCO1)C(CN)c1ccc(Cl)c(Br)c1. The smallest absolute Gasteiger partial charge is 0.0703 e. The van der Waals surface area contributed by atoms with E-state index in [9.17, 15) is 0 Å². The third-order valence-corrected chi connectivity index (χ3v) is 5.07. The number of benzene rings is 1. The third-order valence-electron chi connectivity index (χ3n) is 3.86. The number of likely N-dealkylation sites (N-methyl/N-ethyl adjacent to an activating group) is 1. The average molecular weight is 362 g/mol. The summed E-state index contributed by atoms with van der Waals surface area (Å²) in [5, 5.41) is 0.728. The summed E-state index contributed by atoms with van der Waals surface area (Å²) < 4.78 is 6.67. The third kappa shape index (κ3) is 3.95. The van der Waals surface area contributed by atoms with E-state index in [1.54, 1.807) is 0 Å². The quantitative estimate of drug-likeness (QED) is 0.841. The highest BCUT2D eigenvalue weighted by atomic mass is 79.9. The van der Waals surface area contributed by atoms with Crippen LogP contribution < -0.4 is 5.73 Å². The summed E-state index contributed by atoms with van der Waals surface area (Å²) in [6.07, 6.45) is 2.67. The Labute approximate surface area is 134 Å². The highest BCUT2D eigenvalue weighted by Gasteiger charge is 2.24. The zero-order valence-electron chi connectivity index (χ0n) is 11.8. The van der Waals surface area contributed by atoms with Gasteiger partial charge in [-0.2, -0.15) is 0 Å². The van der Waals surface area contributed by atoms with E-state index in [2.05, 4.69) is 39.9 Å². The van der Waals surface area contributed by atoms with E-state index >= 15 is 0 Å². The number of nitrogens with zero attached hydrogens (tertiary/aromatic N) is 1. The molecule has 2 unspecified atom stereocenters. The van der Waals surface area contributed by atoms with Gasteiger partial charge in [0.25, 0.3) is 0 Å². The molecule has 1 saturated heterocycles. The molecule has 0 aromatic heterocycles. The van der Waals surface area contributed by atoms with Crippen molar-refractivity contribution in [3.63, 3.8) is 0 Å². The van der Waals surface area contributed by atoms with Crippen molar-refractivity contribution < 1.29 is 4.74 Å². The van der Waals surface area contributed by atoms with Crippen molar-refractivity contribution in [2.45, 2.75) is 31.9 Å². The second-order valence-electron chi connectivity index (χ2n) is 5.15. The van der Waals surface area contributed by atoms with Crippen molar-refractivity contribution >= 4 is 27.5 Å². The molecule has 1 aromatic carbocycles. The molecule has 3 nitrogen and oxygen atoms in total. The molecular weight excluding hydrogens is 340 g/mol. The van der Waals surface area contributed by atoms with E-state index in [-0.39, 0.29) is 6.04 Å². The molecule has 1 aliphatic rings. The topological polar surface area (TPSA) is 38.5 Å². The maximum atomic E-state index is 6.07. The van der Waals surface area contributed by atoms with Crippen LogP contribution in [0.2, 0.25) is 5.02 Å². The first-order chi connectivity index (χ1) is 9.65. The van der Waals surface area contributed by atoms with Crippen LogP contribution in [0.4, 0.5) is 0 Å². The van der Waals surface area contributed by atoms with Crippen LogP contribution in [0.25, 0.3) is 0 Å². The Kier molecular flexibility index (Phi) is 6.30. The largest absolute Gasteiger partial charge is 0.377 e. The normalized spacial score (nSPS) is 20.6. The fraction of sp³-hybridized carbons (Fsp3) is 0.600. The molecule has 2 rings (SSSR count). The summed E-state index contributed by atoms with van der Waals surface area (Å²) in [7, 11) is 0. The summed E-state index contributed by atoms with van der Waals surface area (Å²) in [6.45, 7) is 5.56. The van der Waals surface area contributed by atoms with Gasteiger partial charge in [0.15, 0.2) is 0 Å². The van der Waals surface area contributed by atoms with Crippen LogP contribution in [0.1, 0.15) is 31.4 Å². The summed E-state index contributed by atoms with van der Waals surface area (Å²) in [6, 6.07) is 6.25. The van der Waals surface area contributed by atoms with Gasteiger partial charge in [-0.1, -0.05) is 24.6 Å². The van der Waals surface area contributed by atoms with Gasteiger partial charge in [-0.25, -0.2) is 0 Å². The van der Waals surface area contributed by atoms with Crippen LogP contribution in [0.3, 0.4) is 0 Å². The molecule has 1 aromatic rings. The predicted octanol–water partition coefficient (Wildman–Crippen LogP) is 3.60. The Bertz CT molecular complexity index is 438. The molecule has 1 fully saturated rings. The minimum absolute atomic E-state index is 0.206. The highest BCUT2D eigenvalue weighted by molar-refractivity contribution is 9.10. The lowest BCUT2D eigenvalue weighted by molar-refractivity contribution is 0.0601. The number of hydrogen-bond donors (Lipinski definition) is 1. The van der Waals surface area contributed by atoms with Gasteiger partial charge in [-0.3, -0.25) is 4.90 Å². The molecule has 0 amide bonds. The fourth-order valence-electron chi connectivity index (χ4n) is 2.74. The van der Waals surface area contributed by atoms with Crippen LogP contribution in [-0.4, -0.2) is 37.2 Å². The van der Waals surface area contributed by atoms with Crippen molar-refractivity contribution in [1.82, 2.24) is 4.90 Å². The monoisotopic (exact) mass is 360 g/mol. The Morgan fingerprint density at radius 3 is 2.90 bits per heavy atom. The first-order valence-corrected chi connectivity index (χ1v) is 8.33. The number of nitrogens with two attached hydrogens (primary N) is 1. The summed E-state index contributed by atoms with van der Waals surface area (Å²) in [5.74, 6) is 0. The fourth-order valence-corrected chi connectivity index (χ4v) is 3.26. The molecule has 2 atom stereocenters. The van der Waals surface area contributed by atoms with Gasteiger partial charge < -0.3 is 10.5 Å². The first-order valence-electron chi connectivity index (χ1n) is 7.16. The van der Waals surface area contributed by atoms with Gasteiger partial charge in [0.05, 0.1) is 11.1 Å². The van der Waals surface area contributed by atoms with Crippen LogP contribution in [0.15, 0.2) is 22.7 Å². The Hall–Kier alpha value is -0.130. The van der Waals surface area contributed by atoms with Crippen LogP contribution in [0.5, 0.6) is 0 Å². The molecule has 0 bridgehead atoms. The molecule has 1 heterocycles. The molecule has 0 spiro atoms. The lowest BCUT2D eigenvalue weighted by Gasteiger charge is -2.32. The molecule has 20 heavy (non-hydrogen) atoms. The molecule has 1 aliphatic heterocycles. The van der Waals surface area contributed by atoms with E-state index < -0.39 is 0 Å². The lowest BCUT2D eigenvalue weighted by atomic mass is 10.0. The average Bonchev–Trinajstić information content (AvgIpc) is 2.95. The van der Waals surface area contributed by atoms with Crippen LogP contribution in [0, 0.1) is 0 Å². The zero-order chi connectivity index (χ0) is 14.5. The Balaban J connectivity index is 2.12. The second-order valence-corrected chi connectivity index (χ2v) is 6.41. The van der Waals surface area contributed by atoms with Crippen LogP contribution >= 0.6 is 27.5 Å². The van der Waals surface area contributed by atoms with Gasteiger partial charge in [0.1, 0.15) is 0 Å². The molecule has 112 valence electrons. The van der Waals surface area contributed by atoms with Crippen molar-refractivity contribution in [3.05, 3.63) is 33.3 Å². The Morgan fingerprint density at radius 2 is 2.35 bits per heavy atom. The van der Waals surface area contributed by atoms with Crippen molar-refractivity contribution in [2.75, 3.05) is 26.2 Å². The van der Waals surface area contributed by atoms with E-state index in [0.717, 1.165) is 35.6 Å². The number of hydrogen-bond acceptors (Lipinski definition) is 3. The maximum absolute atomic E-state index is 6.07. The first kappa shape index (κ1) is 16.2. The highest BCUT2D eigenvalue weighted by Crippen LogP contribution is 2.29.